The molecule has 1 aliphatic heterocycles. The average molecular weight is 372 g/mol. The maximum Gasteiger partial charge on any atom is 0.337 e. The van der Waals surface area contributed by atoms with Gasteiger partial charge in [0.2, 0.25) is 10.0 Å². The topological polar surface area (TPSA) is 114 Å². The second-order valence-electron chi connectivity index (χ2n) is 6.00. The first-order valence-corrected chi connectivity index (χ1v) is 9.56. The summed E-state index contributed by atoms with van der Waals surface area (Å²) in [4.78, 5) is 11.4. The van der Waals surface area contributed by atoms with Crippen LogP contribution >= 0.6 is 0 Å². The summed E-state index contributed by atoms with van der Waals surface area (Å²) in [5.74, 6) is -1.21. The Morgan fingerprint density at radius 3 is 2.84 bits per heavy atom. The molecule has 140 valence electrons. The third-order valence-electron chi connectivity index (χ3n) is 3.88. The van der Waals surface area contributed by atoms with Crippen molar-refractivity contribution < 1.29 is 27.8 Å². The second-order valence-corrected chi connectivity index (χ2v) is 7.77. The second kappa shape index (κ2) is 8.61. The van der Waals surface area contributed by atoms with Gasteiger partial charge in [-0.2, -0.15) is 0 Å². The first-order valence-electron chi connectivity index (χ1n) is 8.07. The average Bonchev–Trinajstić information content (AvgIpc) is 3.06. The van der Waals surface area contributed by atoms with Gasteiger partial charge in [-0.25, -0.2) is 17.9 Å². The van der Waals surface area contributed by atoms with Gasteiger partial charge in [-0.15, -0.1) is 0 Å². The standard InChI is InChI=1S/C16H24N2O6S/c1-11(10-23-2)18-15-6-5-13(8-14(15)16(19)20)25(21,22)17-9-12-4-3-7-24-12/h5-6,8,11-12,17-18H,3-4,7,9-10H2,1-2H3,(H,19,20)/t11-,12+/m0/s1. The summed E-state index contributed by atoms with van der Waals surface area (Å²) < 4.78 is 37.7. The first-order chi connectivity index (χ1) is 11.8. The van der Waals surface area contributed by atoms with Crippen molar-refractivity contribution in [2.24, 2.45) is 0 Å². The summed E-state index contributed by atoms with van der Waals surface area (Å²) in [5, 5.41) is 12.4. The lowest BCUT2D eigenvalue weighted by atomic mass is 10.1. The SMILES string of the molecule is COC[C@H](C)Nc1ccc(S(=O)(=O)NC[C@H]2CCCO2)cc1C(=O)O. The van der Waals surface area contributed by atoms with E-state index < -0.39 is 16.0 Å². The Morgan fingerprint density at radius 2 is 2.24 bits per heavy atom. The molecular formula is C16H24N2O6S. The monoisotopic (exact) mass is 372 g/mol. The van der Waals surface area contributed by atoms with E-state index in [0.717, 1.165) is 18.9 Å². The molecule has 2 rings (SSSR count). The summed E-state index contributed by atoms with van der Waals surface area (Å²) in [6.07, 6.45) is 1.59. The molecule has 2 atom stereocenters. The number of benzene rings is 1. The van der Waals surface area contributed by atoms with Gasteiger partial charge in [-0.05, 0) is 38.0 Å². The lowest BCUT2D eigenvalue weighted by Crippen LogP contribution is -2.32. The van der Waals surface area contributed by atoms with Crippen LogP contribution in [-0.2, 0) is 19.5 Å². The van der Waals surface area contributed by atoms with Crippen LogP contribution in [0, 0.1) is 0 Å². The van der Waals surface area contributed by atoms with Crippen molar-refractivity contribution in [3.8, 4) is 0 Å². The van der Waals surface area contributed by atoms with Crippen LogP contribution in [0.5, 0.6) is 0 Å². The van der Waals surface area contributed by atoms with E-state index >= 15 is 0 Å². The molecule has 1 saturated heterocycles. The fraction of sp³-hybridized carbons (Fsp3) is 0.562. The summed E-state index contributed by atoms with van der Waals surface area (Å²) in [6, 6.07) is 3.87. The zero-order valence-corrected chi connectivity index (χ0v) is 15.1. The third-order valence-corrected chi connectivity index (χ3v) is 5.30. The van der Waals surface area contributed by atoms with Gasteiger partial charge in [-0.3, -0.25) is 0 Å². The Hall–Kier alpha value is -1.68. The van der Waals surface area contributed by atoms with Gasteiger partial charge in [0.1, 0.15) is 0 Å². The molecule has 1 heterocycles. The Kier molecular flexibility index (Phi) is 6.77. The van der Waals surface area contributed by atoms with Crippen molar-refractivity contribution in [1.82, 2.24) is 4.72 Å². The Morgan fingerprint density at radius 1 is 1.48 bits per heavy atom. The lowest BCUT2D eigenvalue weighted by molar-refractivity contribution is 0.0697. The highest BCUT2D eigenvalue weighted by Gasteiger charge is 2.22. The summed E-state index contributed by atoms with van der Waals surface area (Å²) >= 11 is 0. The minimum atomic E-state index is -3.81. The minimum Gasteiger partial charge on any atom is -0.478 e. The zero-order valence-electron chi connectivity index (χ0n) is 14.3. The molecule has 0 radical (unpaired) electrons. The molecule has 0 aromatic heterocycles. The fourth-order valence-electron chi connectivity index (χ4n) is 2.64. The maximum atomic E-state index is 12.4. The predicted molar refractivity (Wildman–Crippen MR) is 92.5 cm³/mol. The molecule has 1 aliphatic rings. The number of methoxy groups -OCH3 is 1. The molecule has 0 unspecified atom stereocenters. The van der Waals surface area contributed by atoms with Crippen LogP contribution in [0.3, 0.4) is 0 Å². The highest BCUT2D eigenvalue weighted by molar-refractivity contribution is 7.89. The van der Waals surface area contributed by atoms with Gasteiger partial charge in [0.15, 0.2) is 0 Å². The Bertz CT molecular complexity index is 701. The predicted octanol–water partition coefficient (Wildman–Crippen LogP) is 1.29. The molecule has 9 heteroatoms. The molecular weight excluding hydrogens is 348 g/mol. The van der Waals surface area contributed by atoms with Crippen LogP contribution in [0.2, 0.25) is 0 Å². The van der Waals surface area contributed by atoms with Crippen molar-refractivity contribution in [2.75, 3.05) is 32.2 Å². The number of nitrogens with one attached hydrogen (secondary N) is 2. The van der Waals surface area contributed by atoms with E-state index in [4.69, 9.17) is 9.47 Å². The highest BCUT2D eigenvalue weighted by Crippen LogP contribution is 2.22. The molecule has 1 aromatic carbocycles. The number of carboxylic acids is 1. The molecule has 3 N–H and O–H groups in total. The molecule has 1 aromatic rings. The van der Waals surface area contributed by atoms with Crippen molar-refractivity contribution in [1.29, 1.82) is 0 Å². The van der Waals surface area contributed by atoms with Crippen LogP contribution in [0.15, 0.2) is 23.1 Å². The van der Waals surface area contributed by atoms with Crippen molar-refractivity contribution >= 4 is 21.7 Å². The third kappa shape index (κ3) is 5.40. The van der Waals surface area contributed by atoms with Crippen LogP contribution in [-0.4, -0.2) is 58.5 Å². The Balaban J connectivity index is 2.17. The number of sulfonamides is 1. The van der Waals surface area contributed by atoms with Gasteiger partial charge in [0.05, 0.1) is 23.2 Å². The van der Waals surface area contributed by atoms with E-state index in [1.165, 1.54) is 12.1 Å². The lowest BCUT2D eigenvalue weighted by Gasteiger charge is -2.17. The molecule has 0 amide bonds. The Labute approximate surface area is 147 Å². The summed E-state index contributed by atoms with van der Waals surface area (Å²) in [6.45, 7) is 3.04. The van der Waals surface area contributed by atoms with Gasteiger partial charge in [-0.1, -0.05) is 0 Å². The molecule has 0 bridgehead atoms. The van der Waals surface area contributed by atoms with Crippen molar-refractivity contribution in [2.45, 2.75) is 36.8 Å². The molecule has 0 aliphatic carbocycles. The van der Waals surface area contributed by atoms with Crippen LogP contribution < -0.4 is 10.0 Å². The largest absolute Gasteiger partial charge is 0.478 e. The van der Waals surface area contributed by atoms with Crippen LogP contribution in [0.4, 0.5) is 5.69 Å². The summed E-state index contributed by atoms with van der Waals surface area (Å²) in [5.41, 5.74) is 0.234. The molecule has 0 spiro atoms. The maximum absolute atomic E-state index is 12.4. The van der Waals surface area contributed by atoms with E-state index in [2.05, 4.69) is 10.0 Å². The van der Waals surface area contributed by atoms with Crippen molar-refractivity contribution in [3.05, 3.63) is 23.8 Å². The van der Waals surface area contributed by atoms with E-state index in [1.807, 2.05) is 6.92 Å². The number of rotatable bonds is 9. The minimum absolute atomic E-state index is 0.0900. The first kappa shape index (κ1) is 19.6. The number of ether oxygens (including phenoxy) is 2. The number of carbonyl (C=O) groups is 1. The molecule has 1 fully saturated rings. The quantitative estimate of drug-likeness (QED) is 0.598. The number of hydrogen-bond acceptors (Lipinski definition) is 6. The number of aromatic carboxylic acids is 1. The number of anilines is 1. The van der Waals surface area contributed by atoms with Gasteiger partial charge >= 0.3 is 5.97 Å². The van der Waals surface area contributed by atoms with Gasteiger partial charge in [0.25, 0.3) is 0 Å². The molecule has 8 nitrogen and oxygen atoms in total. The zero-order chi connectivity index (χ0) is 18.4. The van der Waals surface area contributed by atoms with Crippen LogP contribution in [0.1, 0.15) is 30.1 Å². The van der Waals surface area contributed by atoms with Gasteiger partial charge < -0.3 is 19.9 Å². The highest BCUT2D eigenvalue weighted by atomic mass is 32.2. The normalized spacial score (nSPS) is 18.9. The van der Waals surface area contributed by atoms with Crippen molar-refractivity contribution in [3.63, 3.8) is 0 Å². The number of carboxylic acid groups (broad SMARTS) is 1. The van der Waals surface area contributed by atoms with Gasteiger partial charge in [0, 0.05) is 32.0 Å². The smallest absolute Gasteiger partial charge is 0.337 e. The van der Waals surface area contributed by atoms with E-state index in [1.54, 1.807) is 7.11 Å². The fourth-order valence-corrected chi connectivity index (χ4v) is 3.73. The molecule has 0 saturated carbocycles. The van der Waals surface area contributed by atoms with E-state index in [0.29, 0.717) is 18.9 Å². The molecule has 25 heavy (non-hydrogen) atoms. The van der Waals surface area contributed by atoms with E-state index in [9.17, 15) is 18.3 Å². The van der Waals surface area contributed by atoms with E-state index in [-0.39, 0.29) is 29.1 Å². The van der Waals surface area contributed by atoms with Crippen LogP contribution in [0.25, 0.3) is 0 Å². The number of hydrogen-bond donors (Lipinski definition) is 3. The summed E-state index contributed by atoms with van der Waals surface area (Å²) in [7, 11) is -2.26.